The summed E-state index contributed by atoms with van der Waals surface area (Å²) in [4.78, 5) is 28.4. The molecule has 2 aromatic heterocycles. The summed E-state index contributed by atoms with van der Waals surface area (Å²) in [5.74, 6) is 0.322. The fourth-order valence-corrected chi connectivity index (χ4v) is 4.59. The number of hydrogen-bond acceptors (Lipinski definition) is 8. The third kappa shape index (κ3) is 2.88. The van der Waals surface area contributed by atoms with Gasteiger partial charge in [-0.1, -0.05) is 35.1 Å². The molecule has 0 saturated heterocycles. The second-order valence-corrected chi connectivity index (χ2v) is 7.94. The van der Waals surface area contributed by atoms with Crippen molar-refractivity contribution in [1.29, 1.82) is 0 Å². The first kappa shape index (κ1) is 19.5. The van der Waals surface area contributed by atoms with Crippen LogP contribution in [0.4, 0.5) is 5.13 Å². The van der Waals surface area contributed by atoms with Gasteiger partial charge in [-0.05, 0) is 24.3 Å². The molecular formula is C21H14ClN3O5S. The van der Waals surface area contributed by atoms with Gasteiger partial charge in [0.05, 0.1) is 25.2 Å². The maximum Gasteiger partial charge on any atom is 0.297 e. The van der Waals surface area contributed by atoms with Crippen LogP contribution in [0.15, 0.2) is 51.1 Å². The van der Waals surface area contributed by atoms with Crippen molar-refractivity contribution in [2.24, 2.45) is 0 Å². The van der Waals surface area contributed by atoms with Crippen LogP contribution in [-0.4, -0.2) is 30.3 Å². The van der Waals surface area contributed by atoms with Gasteiger partial charge in [0.2, 0.25) is 10.9 Å². The van der Waals surface area contributed by atoms with E-state index in [4.69, 9.17) is 25.5 Å². The van der Waals surface area contributed by atoms with Crippen LogP contribution in [0.3, 0.4) is 0 Å². The average Bonchev–Trinajstić information content (AvgIpc) is 3.40. The number of amides is 1. The number of benzene rings is 2. The van der Waals surface area contributed by atoms with Crippen LogP contribution >= 0.6 is 22.9 Å². The lowest BCUT2D eigenvalue weighted by atomic mass is 9.97. The molecule has 5 rings (SSSR count). The summed E-state index contributed by atoms with van der Waals surface area (Å²) >= 11 is 7.28. The highest BCUT2D eigenvalue weighted by atomic mass is 35.5. The van der Waals surface area contributed by atoms with Crippen molar-refractivity contribution >= 4 is 44.9 Å². The molecule has 2 aromatic carbocycles. The molecule has 3 heterocycles. The third-order valence-electron chi connectivity index (χ3n) is 5.11. The molecule has 0 fully saturated rings. The molecule has 31 heavy (non-hydrogen) atoms. The minimum absolute atomic E-state index is 0.0510. The SMILES string of the molecule is COc1cccc([C@H]2c3c(oc4ccc(Cl)cc4c3=O)C(=O)N2c2nncs2)c1OC. The first-order chi connectivity index (χ1) is 15.0. The van der Waals surface area contributed by atoms with Gasteiger partial charge in [0.15, 0.2) is 16.9 Å². The number of hydrogen-bond donors (Lipinski definition) is 0. The fraction of sp³-hybridized carbons (Fsp3) is 0.143. The van der Waals surface area contributed by atoms with E-state index in [0.29, 0.717) is 27.2 Å². The zero-order valence-corrected chi connectivity index (χ0v) is 17.9. The van der Waals surface area contributed by atoms with Crippen molar-refractivity contribution in [1.82, 2.24) is 10.2 Å². The second-order valence-electron chi connectivity index (χ2n) is 6.70. The van der Waals surface area contributed by atoms with Gasteiger partial charge in [0, 0.05) is 10.6 Å². The number of halogens is 1. The van der Waals surface area contributed by atoms with Gasteiger partial charge in [-0.2, -0.15) is 0 Å². The van der Waals surface area contributed by atoms with E-state index >= 15 is 0 Å². The first-order valence-corrected chi connectivity index (χ1v) is 10.4. The van der Waals surface area contributed by atoms with Crippen molar-refractivity contribution in [3.8, 4) is 11.5 Å². The van der Waals surface area contributed by atoms with E-state index in [0.717, 1.165) is 0 Å². The largest absolute Gasteiger partial charge is 0.493 e. The number of carbonyl (C=O) groups is 1. The topological polar surface area (TPSA) is 94.8 Å². The Labute approximate surface area is 184 Å². The molecule has 1 aliphatic rings. The number of para-hydroxylation sites is 1. The molecule has 8 nitrogen and oxygen atoms in total. The van der Waals surface area contributed by atoms with Crippen molar-refractivity contribution in [3.63, 3.8) is 0 Å². The van der Waals surface area contributed by atoms with Gasteiger partial charge in [0.25, 0.3) is 5.91 Å². The van der Waals surface area contributed by atoms with E-state index in [1.54, 1.807) is 30.3 Å². The molecule has 0 N–H and O–H groups in total. The summed E-state index contributed by atoms with van der Waals surface area (Å²) in [6, 6.07) is 9.12. The minimum Gasteiger partial charge on any atom is -0.493 e. The fourth-order valence-electron chi connectivity index (χ4n) is 3.84. The highest BCUT2D eigenvalue weighted by molar-refractivity contribution is 7.13. The van der Waals surface area contributed by atoms with Gasteiger partial charge in [-0.25, -0.2) is 0 Å². The molecule has 1 amide bonds. The van der Waals surface area contributed by atoms with Gasteiger partial charge >= 0.3 is 0 Å². The summed E-state index contributed by atoms with van der Waals surface area (Å²) in [6.07, 6.45) is 0. The summed E-state index contributed by atoms with van der Waals surface area (Å²) in [5, 5.41) is 8.90. The van der Waals surface area contributed by atoms with Gasteiger partial charge in [0.1, 0.15) is 17.1 Å². The Bertz CT molecular complexity index is 1390. The number of carbonyl (C=O) groups excluding carboxylic acids is 1. The minimum atomic E-state index is -0.847. The van der Waals surface area contributed by atoms with Crippen LogP contribution in [0.1, 0.15) is 27.7 Å². The van der Waals surface area contributed by atoms with Crippen molar-refractivity contribution in [3.05, 3.63) is 74.0 Å². The normalized spacial score (nSPS) is 15.4. The summed E-state index contributed by atoms with van der Waals surface area (Å²) in [7, 11) is 3.01. The van der Waals surface area contributed by atoms with Crippen LogP contribution in [0.25, 0.3) is 11.0 Å². The number of anilines is 1. The van der Waals surface area contributed by atoms with E-state index in [1.165, 1.54) is 42.0 Å². The van der Waals surface area contributed by atoms with Crippen molar-refractivity contribution in [2.75, 3.05) is 19.1 Å². The number of ether oxygens (including phenoxy) is 2. The monoisotopic (exact) mass is 455 g/mol. The standard InChI is InChI=1S/C21H14ClN3O5S/c1-28-14-5-3-4-11(18(14)29-2)16-15-17(26)12-8-10(22)6-7-13(12)30-19(15)20(27)25(16)21-24-23-9-31-21/h3-9,16H,1-2H3/t16-/m0/s1. The lowest BCUT2D eigenvalue weighted by Gasteiger charge is -2.24. The van der Waals surface area contributed by atoms with Crippen LogP contribution < -0.4 is 19.8 Å². The predicted octanol–water partition coefficient (Wildman–Crippen LogP) is 4.06. The van der Waals surface area contributed by atoms with Crippen LogP contribution in [0, 0.1) is 0 Å². The molecule has 0 spiro atoms. The number of nitrogens with zero attached hydrogens (tertiary/aromatic N) is 3. The van der Waals surface area contributed by atoms with E-state index in [-0.39, 0.29) is 27.7 Å². The molecule has 1 atom stereocenters. The number of methoxy groups -OCH3 is 2. The van der Waals surface area contributed by atoms with Crippen LogP contribution in [-0.2, 0) is 0 Å². The van der Waals surface area contributed by atoms with Crippen molar-refractivity contribution in [2.45, 2.75) is 6.04 Å². The van der Waals surface area contributed by atoms with Crippen LogP contribution in [0.2, 0.25) is 5.02 Å². The third-order valence-corrected chi connectivity index (χ3v) is 6.04. The Hall–Kier alpha value is -3.43. The molecule has 0 bridgehead atoms. The van der Waals surface area contributed by atoms with E-state index < -0.39 is 11.9 Å². The first-order valence-electron chi connectivity index (χ1n) is 9.12. The summed E-state index contributed by atoms with van der Waals surface area (Å²) in [5.41, 5.74) is 2.17. The molecule has 0 unspecified atom stereocenters. The second kappa shape index (κ2) is 7.36. The molecule has 0 radical (unpaired) electrons. The highest BCUT2D eigenvalue weighted by Crippen LogP contribution is 2.46. The maximum absolute atomic E-state index is 13.6. The highest BCUT2D eigenvalue weighted by Gasteiger charge is 2.46. The molecule has 0 saturated carbocycles. The van der Waals surface area contributed by atoms with Crippen LogP contribution in [0.5, 0.6) is 11.5 Å². The molecular weight excluding hydrogens is 442 g/mol. The Morgan fingerprint density at radius 2 is 2.00 bits per heavy atom. The Balaban J connectivity index is 1.87. The Morgan fingerprint density at radius 3 is 2.71 bits per heavy atom. The number of aromatic nitrogens is 2. The quantitative estimate of drug-likeness (QED) is 0.457. The van der Waals surface area contributed by atoms with Gasteiger partial charge < -0.3 is 13.9 Å². The zero-order valence-electron chi connectivity index (χ0n) is 16.3. The number of fused-ring (bicyclic) bond motifs is 2. The maximum atomic E-state index is 13.6. The van der Waals surface area contributed by atoms with Gasteiger partial charge in [-0.3, -0.25) is 14.5 Å². The number of rotatable bonds is 4. The van der Waals surface area contributed by atoms with E-state index in [1.807, 2.05) is 0 Å². The van der Waals surface area contributed by atoms with E-state index in [9.17, 15) is 9.59 Å². The Morgan fingerprint density at radius 1 is 1.16 bits per heavy atom. The zero-order chi connectivity index (χ0) is 21.7. The predicted molar refractivity (Wildman–Crippen MR) is 116 cm³/mol. The summed E-state index contributed by atoms with van der Waals surface area (Å²) < 4.78 is 16.9. The van der Waals surface area contributed by atoms with Gasteiger partial charge in [-0.15, -0.1) is 10.2 Å². The lowest BCUT2D eigenvalue weighted by Crippen LogP contribution is -2.29. The molecule has 1 aliphatic heterocycles. The summed E-state index contributed by atoms with van der Waals surface area (Å²) in [6.45, 7) is 0. The average molecular weight is 456 g/mol. The Kier molecular flexibility index (Phi) is 4.64. The van der Waals surface area contributed by atoms with E-state index in [2.05, 4.69) is 10.2 Å². The van der Waals surface area contributed by atoms with Crippen molar-refractivity contribution < 1.29 is 18.7 Å². The smallest absolute Gasteiger partial charge is 0.297 e. The molecule has 156 valence electrons. The lowest BCUT2D eigenvalue weighted by molar-refractivity contribution is 0.0970. The molecule has 0 aliphatic carbocycles. The molecule has 10 heteroatoms. The molecule has 4 aromatic rings.